The summed E-state index contributed by atoms with van der Waals surface area (Å²) >= 11 is 0. The summed E-state index contributed by atoms with van der Waals surface area (Å²) < 4.78 is 5.38. The number of likely N-dealkylation sites (tertiary alicyclic amines) is 1. The second kappa shape index (κ2) is 5.75. The van der Waals surface area contributed by atoms with Gasteiger partial charge in [-0.1, -0.05) is 19.1 Å². The number of nitrogens with zero attached hydrogens (tertiary/aromatic N) is 2. The Bertz CT molecular complexity index is 519. The molecule has 1 aromatic rings. The number of methoxy groups -OCH3 is 1. The summed E-state index contributed by atoms with van der Waals surface area (Å²) in [5.74, 6) is 1.11. The Balaban J connectivity index is 2.25. The molecule has 1 aliphatic rings. The Hall–Kier alpha value is -2.02. The first kappa shape index (κ1) is 13.4. The first-order valence-electron chi connectivity index (χ1n) is 6.56. The van der Waals surface area contributed by atoms with E-state index < -0.39 is 0 Å². The SMILES string of the molecule is CCC(=O)N1CCC(c2cccc(C#N)c2OC)C1. The van der Waals surface area contributed by atoms with Crippen molar-refractivity contribution >= 4 is 5.91 Å². The summed E-state index contributed by atoms with van der Waals surface area (Å²) in [5.41, 5.74) is 1.59. The number of hydrogen-bond acceptors (Lipinski definition) is 3. The molecule has 0 bridgehead atoms. The fourth-order valence-corrected chi connectivity index (χ4v) is 2.66. The fourth-order valence-electron chi connectivity index (χ4n) is 2.66. The van der Waals surface area contributed by atoms with Crippen LogP contribution in [0.3, 0.4) is 0 Å². The second-order valence-corrected chi connectivity index (χ2v) is 4.72. The summed E-state index contributed by atoms with van der Waals surface area (Å²) in [6, 6.07) is 7.77. The van der Waals surface area contributed by atoms with Crippen molar-refractivity contribution in [1.29, 1.82) is 5.26 Å². The number of carbonyl (C=O) groups excluding carboxylic acids is 1. The van der Waals surface area contributed by atoms with Gasteiger partial charge in [0, 0.05) is 31.0 Å². The number of hydrogen-bond donors (Lipinski definition) is 0. The van der Waals surface area contributed by atoms with Crippen LogP contribution in [0.4, 0.5) is 0 Å². The zero-order chi connectivity index (χ0) is 13.8. The first-order chi connectivity index (χ1) is 9.21. The molecule has 100 valence electrons. The van der Waals surface area contributed by atoms with Crippen LogP contribution >= 0.6 is 0 Å². The van der Waals surface area contributed by atoms with Crippen LogP contribution in [0.2, 0.25) is 0 Å². The summed E-state index contributed by atoms with van der Waals surface area (Å²) in [6.45, 7) is 3.39. The number of nitriles is 1. The fraction of sp³-hybridized carbons (Fsp3) is 0.467. The second-order valence-electron chi connectivity index (χ2n) is 4.72. The van der Waals surface area contributed by atoms with Crippen LogP contribution in [-0.2, 0) is 4.79 Å². The largest absolute Gasteiger partial charge is 0.495 e. The average Bonchev–Trinajstić information content (AvgIpc) is 2.95. The van der Waals surface area contributed by atoms with Gasteiger partial charge < -0.3 is 9.64 Å². The first-order valence-corrected chi connectivity index (χ1v) is 6.56. The van der Waals surface area contributed by atoms with Gasteiger partial charge in [0.15, 0.2) is 0 Å². The molecule has 19 heavy (non-hydrogen) atoms. The molecule has 1 unspecified atom stereocenters. The number of rotatable bonds is 3. The number of para-hydroxylation sites is 1. The quantitative estimate of drug-likeness (QED) is 0.836. The number of benzene rings is 1. The molecule has 1 fully saturated rings. The van der Waals surface area contributed by atoms with Crippen molar-refractivity contribution in [1.82, 2.24) is 4.90 Å². The lowest BCUT2D eigenvalue weighted by atomic mass is 9.95. The molecule has 4 nitrogen and oxygen atoms in total. The Kier molecular flexibility index (Phi) is 4.06. The lowest BCUT2D eigenvalue weighted by Gasteiger charge is -2.17. The molecule has 1 aromatic carbocycles. The van der Waals surface area contributed by atoms with Gasteiger partial charge in [-0.25, -0.2) is 0 Å². The normalized spacial score (nSPS) is 18.2. The molecule has 2 rings (SSSR count). The van der Waals surface area contributed by atoms with E-state index in [0.717, 1.165) is 25.1 Å². The summed E-state index contributed by atoms with van der Waals surface area (Å²) in [6.07, 6.45) is 1.47. The third-order valence-corrected chi connectivity index (χ3v) is 3.65. The van der Waals surface area contributed by atoms with Crippen LogP contribution in [0.1, 0.15) is 36.8 Å². The van der Waals surface area contributed by atoms with Gasteiger partial charge in [-0.05, 0) is 12.5 Å². The Morgan fingerprint density at radius 1 is 1.58 bits per heavy atom. The Morgan fingerprint density at radius 2 is 2.37 bits per heavy atom. The van der Waals surface area contributed by atoms with Crippen molar-refractivity contribution in [3.63, 3.8) is 0 Å². The number of amides is 1. The maximum Gasteiger partial charge on any atom is 0.222 e. The predicted molar refractivity (Wildman–Crippen MR) is 71.9 cm³/mol. The van der Waals surface area contributed by atoms with E-state index in [4.69, 9.17) is 10.00 Å². The van der Waals surface area contributed by atoms with E-state index in [0.29, 0.717) is 17.7 Å². The zero-order valence-electron chi connectivity index (χ0n) is 11.3. The van der Waals surface area contributed by atoms with Crippen molar-refractivity contribution < 1.29 is 9.53 Å². The molecular formula is C15H18N2O2. The van der Waals surface area contributed by atoms with E-state index in [-0.39, 0.29) is 11.8 Å². The molecule has 0 aromatic heterocycles. The van der Waals surface area contributed by atoms with Crippen molar-refractivity contribution in [3.05, 3.63) is 29.3 Å². The monoisotopic (exact) mass is 258 g/mol. The number of ether oxygens (including phenoxy) is 1. The smallest absolute Gasteiger partial charge is 0.222 e. The molecule has 1 saturated heterocycles. The molecule has 4 heteroatoms. The van der Waals surface area contributed by atoms with Gasteiger partial charge >= 0.3 is 0 Å². The van der Waals surface area contributed by atoms with E-state index in [9.17, 15) is 4.79 Å². The van der Waals surface area contributed by atoms with E-state index in [2.05, 4.69) is 6.07 Å². The summed E-state index contributed by atoms with van der Waals surface area (Å²) in [7, 11) is 1.59. The van der Waals surface area contributed by atoms with E-state index in [1.54, 1.807) is 13.2 Å². The minimum absolute atomic E-state index is 0.193. The molecular weight excluding hydrogens is 240 g/mol. The average molecular weight is 258 g/mol. The highest BCUT2D eigenvalue weighted by atomic mass is 16.5. The third-order valence-electron chi connectivity index (χ3n) is 3.65. The van der Waals surface area contributed by atoms with Crippen LogP contribution in [0.25, 0.3) is 0 Å². The van der Waals surface area contributed by atoms with Gasteiger partial charge in [-0.2, -0.15) is 5.26 Å². The Morgan fingerprint density at radius 3 is 3.00 bits per heavy atom. The minimum atomic E-state index is 0.193. The van der Waals surface area contributed by atoms with Crippen molar-refractivity contribution in [2.45, 2.75) is 25.7 Å². The van der Waals surface area contributed by atoms with Crippen molar-refractivity contribution in [3.8, 4) is 11.8 Å². The lowest BCUT2D eigenvalue weighted by molar-refractivity contribution is -0.129. The molecule has 1 heterocycles. The van der Waals surface area contributed by atoms with Gasteiger partial charge in [-0.15, -0.1) is 0 Å². The maximum absolute atomic E-state index is 11.7. The van der Waals surface area contributed by atoms with E-state index in [1.165, 1.54) is 0 Å². The zero-order valence-corrected chi connectivity index (χ0v) is 11.3. The van der Waals surface area contributed by atoms with Crippen LogP contribution < -0.4 is 4.74 Å². The number of carbonyl (C=O) groups is 1. The topological polar surface area (TPSA) is 53.3 Å². The molecule has 1 amide bonds. The van der Waals surface area contributed by atoms with Crippen LogP contribution in [0, 0.1) is 11.3 Å². The van der Waals surface area contributed by atoms with Gasteiger partial charge in [0.05, 0.1) is 12.7 Å². The molecule has 0 aliphatic carbocycles. The van der Waals surface area contributed by atoms with Gasteiger partial charge in [0.25, 0.3) is 0 Å². The predicted octanol–water partition coefficient (Wildman–Crippen LogP) is 2.29. The molecule has 0 spiro atoms. The van der Waals surface area contributed by atoms with Crippen molar-refractivity contribution in [2.75, 3.05) is 20.2 Å². The van der Waals surface area contributed by atoms with Gasteiger partial charge in [0.2, 0.25) is 5.91 Å². The Labute approximate surface area is 113 Å². The highest BCUT2D eigenvalue weighted by Gasteiger charge is 2.28. The van der Waals surface area contributed by atoms with Gasteiger partial charge in [0.1, 0.15) is 11.8 Å². The maximum atomic E-state index is 11.7. The van der Waals surface area contributed by atoms with Crippen LogP contribution in [0.5, 0.6) is 5.75 Å². The van der Waals surface area contributed by atoms with Gasteiger partial charge in [-0.3, -0.25) is 4.79 Å². The molecule has 0 saturated carbocycles. The highest BCUT2D eigenvalue weighted by Crippen LogP contribution is 2.35. The molecule has 0 radical (unpaired) electrons. The summed E-state index contributed by atoms with van der Waals surface area (Å²) in [5, 5.41) is 9.10. The van der Waals surface area contributed by atoms with E-state index >= 15 is 0 Å². The summed E-state index contributed by atoms with van der Waals surface area (Å²) in [4.78, 5) is 13.6. The molecule has 1 aliphatic heterocycles. The highest BCUT2D eigenvalue weighted by molar-refractivity contribution is 5.76. The third kappa shape index (κ3) is 2.55. The van der Waals surface area contributed by atoms with Crippen LogP contribution in [-0.4, -0.2) is 31.0 Å². The lowest BCUT2D eigenvalue weighted by Crippen LogP contribution is -2.27. The van der Waals surface area contributed by atoms with E-state index in [1.807, 2.05) is 24.0 Å². The molecule has 0 N–H and O–H groups in total. The molecule has 1 atom stereocenters. The van der Waals surface area contributed by atoms with Crippen LogP contribution in [0.15, 0.2) is 18.2 Å². The van der Waals surface area contributed by atoms with Crippen molar-refractivity contribution in [2.24, 2.45) is 0 Å². The standard InChI is InChI=1S/C15H18N2O2/c1-3-14(18)17-8-7-12(10-17)13-6-4-5-11(9-16)15(13)19-2/h4-6,12H,3,7-8,10H2,1-2H3. The minimum Gasteiger partial charge on any atom is -0.495 e.